The summed E-state index contributed by atoms with van der Waals surface area (Å²) in [7, 11) is 0. The normalized spacial score (nSPS) is 10.1. The van der Waals surface area contributed by atoms with Crippen molar-refractivity contribution in [3.63, 3.8) is 0 Å². The molecule has 2 aromatic rings. The summed E-state index contributed by atoms with van der Waals surface area (Å²) in [6, 6.07) is 9.81. The van der Waals surface area contributed by atoms with E-state index in [1.807, 2.05) is 24.3 Å². The van der Waals surface area contributed by atoms with Crippen molar-refractivity contribution in [3.8, 4) is 0 Å². The van der Waals surface area contributed by atoms with Crippen LogP contribution in [-0.2, 0) is 5.75 Å². The van der Waals surface area contributed by atoms with Gasteiger partial charge in [-0.2, -0.15) is 11.3 Å². The van der Waals surface area contributed by atoms with E-state index in [1.165, 1.54) is 10.5 Å². The summed E-state index contributed by atoms with van der Waals surface area (Å²) in [6.45, 7) is 0. The van der Waals surface area contributed by atoms with Crippen LogP contribution in [0.4, 0.5) is 0 Å². The van der Waals surface area contributed by atoms with Crippen molar-refractivity contribution in [2.24, 2.45) is 0 Å². The Balaban J connectivity index is 1.96. The molecule has 0 radical (unpaired) electrons. The monoisotopic (exact) mass is 234 g/mol. The molecule has 1 heterocycles. The third-order valence-electron chi connectivity index (χ3n) is 2.00. The van der Waals surface area contributed by atoms with E-state index in [9.17, 15) is 4.79 Å². The minimum absolute atomic E-state index is 0.731. The van der Waals surface area contributed by atoms with E-state index in [1.54, 1.807) is 23.1 Å². The number of rotatable bonds is 4. The first-order valence-electron chi connectivity index (χ1n) is 4.57. The summed E-state index contributed by atoms with van der Waals surface area (Å²) in [6.07, 6.45) is 0.868. The number of benzene rings is 1. The third-order valence-corrected chi connectivity index (χ3v) is 3.82. The van der Waals surface area contributed by atoms with Crippen LogP contribution in [0.5, 0.6) is 0 Å². The lowest BCUT2D eigenvalue weighted by molar-refractivity contribution is 0.112. The Labute approximate surface area is 97.1 Å². The molecule has 1 aromatic carbocycles. The standard InChI is InChI=1S/C12H10OS2/c13-7-10-1-3-12(4-2-10)15-9-11-5-6-14-8-11/h1-8H,9H2. The summed E-state index contributed by atoms with van der Waals surface area (Å²) >= 11 is 3.51. The molecule has 0 bridgehead atoms. The minimum Gasteiger partial charge on any atom is -0.298 e. The van der Waals surface area contributed by atoms with Crippen molar-refractivity contribution in [1.82, 2.24) is 0 Å². The van der Waals surface area contributed by atoms with E-state index < -0.39 is 0 Å². The second kappa shape index (κ2) is 5.14. The minimum atomic E-state index is 0.731. The van der Waals surface area contributed by atoms with E-state index >= 15 is 0 Å². The lowest BCUT2D eigenvalue weighted by Gasteiger charge is -1.99. The molecule has 0 N–H and O–H groups in total. The fourth-order valence-corrected chi connectivity index (χ4v) is 2.80. The van der Waals surface area contributed by atoms with Gasteiger partial charge in [0.25, 0.3) is 0 Å². The maximum Gasteiger partial charge on any atom is 0.150 e. The Hall–Kier alpha value is -1.06. The molecular formula is C12H10OS2. The quantitative estimate of drug-likeness (QED) is 0.590. The summed E-state index contributed by atoms with van der Waals surface area (Å²) in [5, 5.41) is 4.25. The molecule has 0 amide bonds. The number of hydrogen-bond donors (Lipinski definition) is 0. The zero-order valence-corrected chi connectivity index (χ0v) is 9.68. The summed E-state index contributed by atoms with van der Waals surface area (Å²) in [5.41, 5.74) is 2.08. The van der Waals surface area contributed by atoms with Crippen LogP contribution < -0.4 is 0 Å². The lowest BCUT2D eigenvalue weighted by atomic mass is 10.2. The molecule has 0 unspecified atom stereocenters. The smallest absolute Gasteiger partial charge is 0.150 e. The Morgan fingerprint density at radius 2 is 2.00 bits per heavy atom. The molecular weight excluding hydrogens is 224 g/mol. The molecule has 0 fully saturated rings. The fourth-order valence-electron chi connectivity index (χ4n) is 1.18. The average molecular weight is 234 g/mol. The van der Waals surface area contributed by atoms with E-state index in [2.05, 4.69) is 16.8 Å². The molecule has 15 heavy (non-hydrogen) atoms. The van der Waals surface area contributed by atoms with Gasteiger partial charge in [0.1, 0.15) is 6.29 Å². The zero-order valence-electron chi connectivity index (χ0n) is 8.05. The number of carbonyl (C=O) groups is 1. The van der Waals surface area contributed by atoms with Crippen LogP contribution in [0.3, 0.4) is 0 Å². The van der Waals surface area contributed by atoms with Crippen molar-refractivity contribution in [1.29, 1.82) is 0 Å². The van der Waals surface area contributed by atoms with Gasteiger partial charge in [0.05, 0.1) is 0 Å². The Morgan fingerprint density at radius 3 is 2.60 bits per heavy atom. The van der Waals surface area contributed by atoms with Gasteiger partial charge < -0.3 is 0 Å². The van der Waals surface area contributed by atoms with Crippen LogP contribution in [-0.4, -0.2) is 6.29 Å². The summed E-state index contributed by atoms with van der Waals surface area (Å²) < 4.78 is 0. The number of thiophene rings is 1. The van der Waals surface area contributed by atoms with Gasteiger partial charge in [-0.25, -0.2) is 0 Å². The van der Waals surface area contributed by atoms with Crippen LogP contribution in [0.2, 0.25) is 0 Å². The van der Waals surface area contributed by atoms with Gasteiger partial charge in [0.2, 0.25) is 0 Å². The highest BCUT2D eigenvalue weighted by Gasteiger charge is 1.97. The van der Waals surface area contributed by atoms with Gasteiger partial charge in [-0.05, 0) is 34.5 Å². The molecule has 1 nitrogen and oxygen atoms in total. The second-order valence-corrected chi connectivity index (χ2v) is 4.94. The van der Waals surface area contributed by atoms with E-state index in [0.717, 1.165) is 17.6 Å². The van der Waals surface area contributed by atoms with E-state index in [-0.39, 0.29) is 0 Å². The second-order valence-electron chi connectivity index (χ2n) is 3.11. The van der Waals surface area contributed by atoms with Gasteiger partial charge in [0.15, 0.2) is 0 Å². The molecule has 76 valence electrons. The number of hydrogen-bond acceptors (Lipinski definition) is 3. The first kappa shape index (κ1) is 10.5. The first-order chi connectivity index (χ1) is 7.38. The molecule has 0 atom stereocenters. The lowest BCUT2D eigenvalue weighted by Crippen LogP contribution is -1.79. The van der Waals surface area contributed by atoms with E-state index in [4.69, 9.17) is 0 Å². The van der Waals surface area contributed by atoms with E-state index in [0.29, 0.717) is 0 Å². The Kier molecular flexibility index (Phi) is 3.59. The SMILES string of the molecule is O=Cc1ccc(SCc2ccsc2)cc1. The van der Waals surface area contributed by atoms with Gasteiger partial charge in [-0.15, -0.1) is 11.8 Å². The summed E-state index contributed by atoms with van der Waals surface area (Å²) in [4.78, 5) is 11.7. The Morgan fingerprint density at radius 1 is 1.20 bits per heavy atom. The molecule has 1 aromatic heterocycles. The van der Waals surface area contributed by atoms with Crippen LogP contribution in [0, 0.1) is 0 Å². The number of thioether (sulfide) groups is 1. The van der Waals surface area contributed by atoms with Crippen molar-refractivity contribution in [2.75, 3.05) is 0 Å². The van der Waals surface area contributed by atoms with Crippen molar-refractivity contribution in [2.45, 2.75) is 10.6 Å². The van der Waals surface area contributed by atoms with Crippen molar-refractivity contribution < 1.29 is 4.79 Å². The van der Waals surface area contributed by atoms with Gasteiger partial charge >= 0.3 is 0 Å². The highest BCUT2D eigenvalue weighted by molar-refractivity contribution is 7.98. The van der Waals surface area contributed by atoms with Crippen molar-refractivity contribution in [3.05, 3.63) is 52.2 Å². The predicted octanol–water partition coefficient (Wildman–Crippen LogP) is 3.85. The van der Waals surface area contributed by atoms with Crippen molar-refractivity contribution >= 4 is 29.4 Å². The molecule has 0 spiro atoms. The van der Waals surface area contributed by atoms with Crippen LogP contribution in [0.15, 0.2) is 46.0 Å². The number of aldehydes is 1. The largest absolute Gasteiger partial charge is 0.298 e. The average Bonchev–Trinajstić information content (AvgIpc) is 2.80. The highest BCUT2D eigenvalue weighted by atomic mass is 32.2. The van der Waals surface area contributed by atoms with Crippen LogP contribution >= 0.6 is 23.1 Å². The highest BCUT2D eigenvalue weighted by Crippen LogP contribution is 2.23. The van der Waals surface area contributed by atoms with Crippen LogP contribution in [0.25, 0.3) is 0 Å². The Bertz CT molecular complexity index is 417. The van der Waals surface area contributed by atoms with Gasteiger partial charge in [0, 0.05) is 16.2 Å². The molecule has 3 heteroatoms. The molecule has 0 saturated carbocycles. The molecule has 2 rings (SSSR count). The first-order valence-corrected chi connectivity index (χ1v) is 6.50. The number of carbonyl (C=O) groups excluding carboxylic acids is 1. The topological polar surface area (TPSA) is 17.1 Å². The van der Waals surface area contributed by atoms with Gasteiger partial charge in [-0.3, -0.25) is 4.79 Å². The molecule has 0 saturated heterocycles. The fraction of sp³-hybridized carbons (Fsp3) is 0.0833. The maximum absolute atomic E-state index is 10.5. The zero-order chi connectivity index (χ0) is 10.5. The molecule has 0 aliphatic rings. The molecule has 0 aliphatic carbocycles. The third kappa shape index (κ3) is 2.94. The molecule has 0 aliphatic heterocycles. The summed E-state index contributed by atoms with van der Waals surface area (Å²) in [5.74, 6) is 0.990. The predicted molar refractivity (Wildman–Crippen MR) is 65.7 cm³/mol. The van der Waals surface area contributed by atoms with Gasteiger partial charge in [-0.1, -0.05) is 12.1 Å². The maximum atomic E-state index is 10.5. The van der Waals surface area contributed by atoms with Crippen LogP contribution in [0.1, 0.15) is 15.9 Å².